The van der Waals surface area contributed by atoms with Crippen LogP contribution >= 0.6 is 0 Å². The SMILES string of the molecule is CCCNCCCCCCCCC=O. The van der Waals surface area contributed by atoms with E-state index in [1.165, 1.54) is 45.1 Å². The fourth-order valence-corrected chi connectivity index (χ4v) is 1.49. The normalized spacial score (nSPS) is 10.4. The second-order valence-electron chi connectivity index (χ2n) is 3.83. The molecule has 0 saturated carbocycles. The standard InChI is InChI=1S/C12H25NO/c1-2-10-13-11-8-6-4-3-5-7-9-12-14/h12-13H,2-11H2,1H3. The quantitative estimate of drug-likeness (QED) is 0.409. The molecule has 0 rings (SSSR count). The van der Waals surface area contributed by atoms with Crippen molar-refractivity contribution in [3.63, 3.8) is 0 Å². The van der Waals surface area contributed by atoms with Crippen molar-refractivity contribution in [3.8, 4) is 0 Å². The lowest BCUT2D eigenvalue weighted by Gasteiger charge is -2.02. The number of carbonyl (C=O) groups is 1. The summed E-state index contributed by atoms with van der Waals surface area (Å²) in [5.74, 6) is 0. The predicted molar refractivity (Wildman–Crippen MR) is 61.5 cm³/mol. The smallest absolute Gasteiger partial charge is 0.119 e. The van der Waals surface area contributed by atoms with Crippen molar-refractivity contribution in [1.82, 2.24) is 5.32 Å². The van der Waals surface area contributed by atoms with E-state index in [2.05, 4.69) is 12.2 Å². The van der Waals surface area contributed by atoms with Gasteiger partial charge in [-0.05, 0) is 32.4 Å². The molecule has 0 aromatic rings. The molecule has 0 radical (unpaired) electrons. The lowest BCUT2D eigenvalue weighted by atomic mass is 10.1. The van der Waals surface area contributed by atoms with Crippen LogP contribution in [-0.4, -0.2) is 19.4 Å². The summed E-state index contributed by atoms with van der Waals surface area (Å²) in [6.45, 7) is 4.52. The van der Waals surface area contributed by atoms with E-state index in [0.29, 0.717) is 0 Å². The molecule has 0 aliphatic carbocycles. The van der Waals surface area contributed by atoms with Gasteiger partial charge in [-0.25, -0.2) is 0 Å². The molecule has 0 heterocycles. The van der Waals surface area contributed by atoms with E-state index in [1.54, 1.807) is 0 Å². The minimum Gasteiger partial charge on any atom is -0.317 e. The van der Waals surface area contributed by atoms with E-state index in [-0.39, 0.29) is 0 Å². The van der Waals surface area contributed by atoms with Crippen LogP contribution in [0.25, 0.3) is 0 Å². The molecular weight excluding hydrogens is 174 g/mol. The van der Waals surface area contributed by atoms with Crippen LogP contribution < -0.4 is 5.32 Å². The topological polar surface area (TPSA) is 29.1 Å². The fraction of sp³-hybridized carbons (Fsp3) is 0.917. The Labute approximate surface area is 88.5 Å². The van der Waals surface area contributed by atoms with Gasteiger partial charge in [-0.2, -0.15) is 0 Å². The summed E-state index contributed by atoms with van der Waals surface area (Å²) >= 11 is 0. The third-order valence-corrected chi connectivity index (χ3v) is 2.35. The molecule has 84 valence electrons. The molecule has 0 amide bonds. The number of nitrogens with one attached hydrogen (secondary N) is 1. The highest BCUT2D eigenvalue weighted by Crippen LogP contribution is 2.05. The van der Waals surface area contributed by atoms with Crippen molar-refractivity contribution in [2.75, 3.05) is 13.1 Å². The van der Waals surface area contributed by atoms with Crippen LogP contribution in [0.4, 0.5) is 0 Å². The summed E-state index contributed by atoms with van der Waals surface area (Å²) in [4.78, 5) is 10.0. The second-order valence-corrected chi connectivity index (χ2v) is 3.83. The van der Waals surface area contributed by atoms with Crippen molar-refractivity contribution < 1.29 is 4.79 Å². The van der Waals surface area contributed by atoms with Crippen LogP contribution in [0.15, 0.2) is 0 Å². The van der Waals surface area contributed by atoms with Crippen molar-refractivity contribution in [2.45, 2.75) is 58.3 Å². The van der Waals surface area contributed by atoms with Gasteiger partial charge in [0.15, 0.2) is 0 Å². The molecule has 0 fully saturated rings. The maximum Gasteiger partial charge on any atom is 0.119 e. The number of aldehydes is 1. The van der Waals surface area contributed by atoms with Gasteiger partial charge in [0.25, 0.3) is 0 Å². The van der Waals surface area contributed by atoms with Crippen LogP contribution in [0, 0.1) is 0 Å². The van der Waals surface area contributed by atoms with E-state index in [4.69, 9.17) is 0 Å². The van der Waals surface area contributed by atoms with Crippen LogP contribution in [0.3, 0.4) is 0 Å². The lowest BCUT2D eigenvalue weighted by molar-refractivity contribution is -0.107. The third-order valence-electron chi connectivity index (χ3n) is 2.35. The molecule has 0 unspecified atom stereocenters. The largest absolute Gasteiger partial charge is 0.317 e. The molecule has 0 atom stereocenters. The summed E-state index contributed by atoms with van der Waals surface area (Å²) in [5.41, 5.74) is 0. The Morgan fingerprint density at radius 3 is 2.21 bits per heavy atom. The zero-order valence-corrected chi connectivity index (χ0v) is 9.56. The zero-order valence-electron chi connectivity index (χ0n) is 9.56. The summed E-state index contributed by atoms with van der Waals surface area (Å²) in [6.07, 6.45) is 10.6. The average Bonchev–Trinajstić information content (AvgIpc) is 2.21. The van der Waals surface area contributed by atoms with Crippen molar-refractivity contribution in [2.24, 2.45) is 0 Å². The minimum absolute atomic E-state index is 0.748. The van der Waals surface area contributed by atoms with Crippen LogP contribution in [0.2, 0.25) is 0 Å². The van der Waals surface area contributed by atoms with Gasteiger partial charge in [-0.3, -0.25) is 0 Å². The molecule has 2 nitrogen and oxygen atoms in total. The Bertz CT molecular complexity index is 115. The van der Waals surface area contributed by atoms with Gasteiger partial charge in [0.1, 0.15) is 6.29 Å². The molecule has 0 aromatic heterocycles. The first kappa shape index (κ1) is 13.6. The first-order valence-corrected chi connectivity index (χ1v) is 6.06. The monoisotopic (exact) mass is 199 g/mol. The van der Waals surface area contributed by atoms with Gasteiger partial charge in [0, 0.05) is 6.42 Å². The summed E-state index contributed by atoms with van der Waals surface area (Å²) in [6, 6.07) is 0. The zero-order chi connectivity index (χ0) is 10.5. The van der Waals surface area contributed by atoms with Crippen LogP contribution in [0.5, 0.6) is 0 Å². The minimum atomic E-state index is 0.748. The van der Waals surface area contributed by atoms with Crippen LogP contribution in [0.1, 0.15) is 58.3 Å². The average molecular weight is 199 g/mol. The summed E-state index contributed by atoms with van der Waals surface area (Å²) in [5, 5.41) is 3.40. The Balaban J connectivity index is 2.81. The molecule has 0 saturated heterocycles. The molecular formula is C12H25NO. The summed E-state index contributed by atoms with van der Waals surface area (Å²) < 4.78 is 0. The molecule has 14 heavy (non-hydrogen) atoms. The van der Waals surface area contributed by atoms with E-state index in [1.807, 2.05) is 0 Å². The number of unbranched alkanes of at least 4 members (excludes halogenated alkanes) is 6. The van der Waals surface area contributed by atoms with Gasteiger partial charge in [0.2, 0.25) is 0 Å². The Kier molecular flexibility index (Phi) is 12.3. The number of carbonyl (C=O) groups excluding carboxylic acids is 1. The Morgan fingerprint density at radius 1 is 0.929 bits per heavy atom. The fourth-order valence-electron chi connectivity index (χ4n) is 1.49. The first-order chi connectivity index (χ1) is 6.91. The number of hydrogen-bond donors (Lipinski definition) is 1. The molecule has 2 heteroatoms. The Morgan fingerprint density at radius 2 is 1.57 bits per heavy atom. The van der Waals surface area contributed by atoms with Crippen molar-refractivity contribution >= 4 is 6.29 Å². The van der Waals surface area contributed by atoms with Gasteiger partial charge in [0.05, 0.1) is 0 Å². The molecule has 1 N–H and O–H groups in total. The van der Waals surface area contributed by atoms with Gasteiger partial charge < -0.3 is 10.1 Å². The van der Waals surface area contributed by atoms with Gasteiger partial charge in [-0.1, -0.05) is 32.6 Å². The Hall–Kier alpha value is -0.370. The van der Waals surface area contributed by atoms with Gasteiger partial charge >= 0.3 is 0 Å². The van der Waals surface area contributed by atoms with Crippen molar-refractivity contribution in [1.29, 1.82) is 0 Å². The maximum absolute atomic E-state index is 10.0. The lowest BCUT2D eigenvalue weighted by Crippen LogP contribution is -2.15. The first-order valence-electron chi connectivity index (χ1n) is 6.06. The highest BCUT2D eigenvalue weighted by molar-refractivity contribution is 5.48. The molecule has 0 aliphatic rings. The number of hydrogen-bond acceptors (Lipinski definition) is 2. The number of rotatable bonds is 11. The molecule has 0 spiro atoms. The van der Waals surface area contributed by atoms with Gasteiger partial charge in [-0.15, -0.1) is 0 Å². The van der Waals surface area contributed by atoms with Crippen LogP contribution in [-0.2, 0) is 4.79 Å². The third kappa shape index (κ3) is 11.6. The van der Waals surface area contributed by atoms with E-state index in [9.17, 15) is 4.79 Å². The highest BCUT2D eigenvalue weighted by atomic mass is 16.1. The predicted octanol–water partition coefficient (Wildman–Crippen LogP) is 2.92. The molecule has 0 bridgehead atoms. The highest BCUT2D eigenvalue weighted by Gasteiger charge is 1.91. The van der Waals surface area contributed by atoms with E-state index < -0.39 is 0 Å². The van der Waals surface area contributed by atoms with Crippen molar-refractivity contribution in [3.05, 3.63) is 0 Å². The van der Waals surface area contributed by atoms with E-state index in [0.717, 1.165) is 25.7 Å². The molecule has 0 aromatic carbocycles. The summed E-state index contributed by atoms with van der Waals surface area (Å²) in [7, 11) is 0. The second kappa shape index (κ2) is 12.6. The molecule has 0 aliphatic heterocycles. The van der Waals surface area contributed by atoms with E-state index >= 15 is 0 Å². The maximum atomic E-state index is 10.0.